The first-order chi connectivity index (χ1) is 8.92. The maximum atomic E-state index is 8.60. The van der Waals surface area contributed by atoms with Gasteiger partial charge < -0.3 is 0 Å². The largest absolute Gasteiger partial charge is 0.256 e. The summed E-state index contributed by atoms with van der Waals surface area (Å²) in [5.74, 6) is 0. The highest BCUT2D eigenvalue weighted by atomic mass is 35.7. The van der Waals surface area contributed by atoms with E-state index in [1.165, 1.54) is 11.1 Å². The lowest BCUT2D eigenvalue weighted by Crippen LogP contribution is -2.58. The van der Waals surface area contributed by atoms with Crippen LogP contribution in [0.2, 0.25) is 0 Å². The average molecular weight is 284 g/mol. The van der Waals surface area contributed by atoms with Gasteiger partial charge >= 0.3 is 0 Å². The summed E-state index contributed by atoms with van der Waals surface area (Å²) in [5.41, 5.74) is 3.61. The zero-order valence-corrected chi connectivity index (χ0v) is 11.1. The highest BCUT2D eigenvalue weighted by Crippen LogP contribution is 2.20. The second-order valence-corrected chi connectivity index (χ2v) is 4.42. The molecule has 0 atom stereocenters. The molecular formula is C13H14ClNO4. The van der Waals surface area contributed by atoms with Gasteiger partial charge in [0.05, 0.1) is 20.6 Å². The highest BCUT2D eigenvalue weighted by molar-refractivity contribution is 5.62. The number of benzene rings is 1. The van der Waals surface area contributed by atoms with Gasteiger partial charge in [0, 0.05) is 11.8 Å². The lowest BCUT2D eigenvalue weighted by molar-refractivity contribution is -1.92. The Kier molecular flexibility index (Phi) is 5.88. The van der Waals surface area contributed by atoms with Crippen LogP contribution in [0.4, 0.5) is 0 Å². The first kappa shape index (κ1) is 15.6. The summed E-state index contributed by atoms with van der Waals surface area (Å²) >= 11 is 0. The van der Waals surface area contributed by atoms with E-state index in [-0.39, 0.29) is 0 Å². The number of hydrogen-bond donors (Lipinski definition) is 1. The van der Waals surface area contributed by atoms with Crippen molar-refractivity contribution in [1.82, 2.24) is 4.98 Å². The Morgan fingerprint density at radius 1 is 1.05 bits per heavy atom. The summed E-state index contributed by atoms with van der Waals surface area (Å²) < 4.78 is 32.7. The summed E-state index contributed by atoms with van der Waals surface area (Å²) in [7, 11) is -4.69. The van der Waals surface area contributed by atoms with Crippen molar-refractivity contribution in [3.05, 3.63) is 54.2 Å². The molecule has 0 amide bonds. The minimum atomic E-state index is -4.69. The van der Waals surface area contributed by atoms with Crippen molar-refractivity contribution < 1.29 is 28.9 Å². The molecule has 0 bridgehead atoms. The molecule has 0 fully saturated rings. The van der Waals surface area contributed by atoms with Crippen LogP contribution in [0, 0.1) is 10.2 Å². The molecule has 0 aliphatic heterocycles. The van der Waals surface area contributed by atoms with Gasteiger partial charge in [-0.25, -0.2) is 0 Å². The van der Waals surface area contributed by atoms with Crippen LogP contribution >= 0.6 is 0 Å². The Bertz CT molecular complexity index is 493. The van der Waals surface area contributed by atoms with Crippen LogP contribution < -0.4 is 14.0 Å². The summed E-state index contributed by atoms with van der Waals surface area (Å²) in [6.07, 6.45) is 2.87. The topological polar surface area (TPSA) is 102 Å². The van der Waals surface area contributed by atoms with Gasteiger partial charge in [-0.15, -0.1) is 0 Å². The van der Waals surface area contributed by atoms with Gasteiger partial charge in [-0.1, -0.05) is 43.3 Å². The summed E-state index contributed by atoms with van der Waals surface area (Å²) in [6.45, 7) is 2.16. The fourth-order valence-electron chi connectivity index (χ4n) is 1.58. The first-order valence-corrected chi connectivity index (χ1v) is 6.80. The molecule has 1 N–H and O–H groups in total. The third-order valence-electron chi connectivity index (χ3n) is 2.32. The van der Waals surface area contributed by atoms with Crippen molar-refractivity contribution in [2.75, 3.05) is 0 Å². The molecule has 0 radical (unpaired) electrons. The number of rotatable bonds is 2. The molecular weight excluding hydrogens is 270 g/mol. The van der Waals surface area contributed by atoms with E-state index in [1.54, 1.807) is 0 Å². The van der Waals surface area contributed by atoms with E-state index in [2.05, 4.69) is 30.1 Å². The minimum Gasteiger partial charge on any atom is -0.256 e. The van der Waals surface area contributed by atoms with E-state index in [1.807, 2.05) is 30.5 Å². The van der Waals surface area contributed by atoms with Crippen molar-refractivity contribution in [2.45, 2.75) is 13.3 Å². The van der Waals surface area contributed by atoms with Crippen LogP contribution in [0.1, 0.15) is 12.5 Å². The van der Waals surface area contributed by atoms with E-state index >= 15 is 0 Å². The van der Waals surface area contributed by atoms with Crippen molar-refractivity contribution in [3.63, 3.8) is 0 Å². The molecule has 0 aliphatic carbocycles. The smallest absolute Gasteiger partial charge is 0.0777 e. The Hall–Kier alpha value is -1.50. The average Bonchev–Trinajstić information content (AvgIpc) is 2.38. The third-order valence-corrected chi connectivity index (χ3v) is 2.32. The van der Waals surface area contributed by atoms with Crippen LogP contribution in [-0.4, -0.2) is 9.64 Å². The molecule has 0 saturated heterocycles. The summed E-state index contributed by atoms with van der Waals surface area (Å²) in [4.78, 5) is 4.42. The van der Waals surface area contributed by atoms with E-state index in [0.29, 0.717) is 0 Å². The maximum absolute atomic E-state index is 8.60. The predicted octanol–water partition coefficient (Wildman–Crippen LogP) is -0.813. The lowest BCUT2D eigenvalue weighted by Gasteiger charge is -2.05. The fraction of sp³-hybridized carbons (Fsp3) is 0.154. The molecule has 0 unspecified atom stereocenters. The number of halogens is 1. The van der Waals surface area contributed by atoms with Crippen LogP contribution in [-0.2, 0) is 6.42 Å². The number of hydrogen-bond acceptors (Lipinski definition) is 5. The van der Waals surface area contributed by atoms with Gasteiger partial charge in [-0.05, 0) is 18.1 Å². The quantitative estimate of drug-likeness (QED) is 0.776. The molecule has 102 valence electrons. The Morgan fingerprint density at radius 3 is 2.16 bits per heavy atom. The second-order valence-electron chi connectivity index (χ2n) is 3.63. The van der Waals surface area contributed by atoms with Gasteiger partial charge in [-0.3, -0.25) is 4.98 Å². The summed E-state index contributed by atoms with van der Waals surface area (Å²) in [6, 6.07) is 14.4. The SMILES string of the molecule is CCc1cccnc1-c1ccccc1.[O-][Cl+3]([O-])([O-])O. The maximum Gasteiger partial charge on any atom is 0.0777 e. The normalized spacial score (nSPS) is 10.6. The Morgan fingerprint density at radius 2 is 1.63 bits per heavy atom. The molecule has 19 heavy (non-hydrogen) atoms. The van der Waals surface area contributed by atoms with Gasteiger partial charge in [-0.2, -0.15) is 14.0 Å². The monoisotopic (exact) mass is 283 g/mol. The predicted molar refractivity (Wildman–Crippen MR) is 61.3 cm³/mol. The van der Waals surface area contributed by atoms with E-state index < -0.39 is 10.2 Å². The Balaban J connectivity index is 0.000000312. The molecule has 2 rings (SSSR count). The molecule has 2 aromatic rings. The number of nitrogens with zero attached hydrogens (tertiary/aromatic N) is 1. The van der Waals surface area contributed by atoms with E-state index in [9.17, 15) is 0 Å². The van der Waals surface area contributed by atoms with Gasteiger partial charge in [0.25, 0.3) is 0 Å². The van der Waals surface area contributed by atoms with Crippen LogP contribution in [0.15, 0.2) is 48.7 Å². The molecule has 1 aromatic heterocycles. The van der Waals surface area contributed by atoms with E-state index in [4.69, 9.17) is 18.6 Å². The van der Waals surface area contributed by atoms with Crippen molar-refractivity contribution >= 4 is 0 Å². The van der Waals surface area contributed by atoms with Crippen LogP contribution in [0.5, 0.6) is 0 Å². The fourth-order valence-corrected chi connectivity index (χ4v) is 1.58. The standard InChI is InChI=1S/C13H13N.ClHO4/c1-2-11-9-6-10-14-13(11)12-7-4-3-5-8-12;2-1(3,4)5/h3-10H,2H2,1H3;(H,2,3,4,5). The van der Waals surface area contributed by atoms with Crippen molar-refractivity contribution in [3.8, 4) is 11.3 Å². The molecule has 1 aromatic carbocycles. The van der Waals surface area contributed by atoms with Crippen LogP contribution in [0.3, 0.4) is 0 Å². The second kappa shape index (κ2) is 7.18. The molecule has 0 spiro atoms. The van der Waals surface area contributed by atoms with Gasteiger partial charge in [0.15, 0.2) is 0 Å². The highest BCUT2D eigenvalue weighted by Gasteiger charge is 2.02. The molecule has 5 nitrogen and oxygen atoms in total. The minimum absolute atomic E-state index is 1.03. The van der Waals surface area contributed by atoms with Crippen molar-refractivity contribution in [1.29, 1.82) is 0 Å². The lowest BCUT2D eigenvalue weighted by atomic mass is 10.0. The number of pyridine rings is 1. The van der Waals surface area contributed by atoms with Crippen LogP contribution in [0.25, 0.3) is 11.3 Å². The van der Waals surface area contributed by atoms with Gasteiger partial charge in [0.2, 0.25) is 0 Å². The van der Waals surface area contributed by atoms with Crippen molar-refractivity contribution in [2.24, 2.45) is 0 Å². The zero-order valence-electron chi connectivity index (χ0n) is 10.3. The number of aromatic nitrogens is 1. The number of aryl methyl sites for hydroxylation is 1. The molecule has 0 saturated carbocycles. The van der Waals surface area contributed by atoms with Gasteiger partial charge in [0.1, 0.15) is 0 Å². The molecule has 1 heterocycles. The molecule has 0 aliphatic rings. The molecule has 6 heteroatoms. The third kappa shape index (κ3) is 6.28. The summed E-state index contributed by atoms with van der Waals surface area (Å²) in [5, 5.41) is 0. The van der Waals surface area contributed by atoms with E-state index in [0.717, 1.165) is 12.1 Å². The Labute approximate surface area is 113 Å². The zero-order chi connectivity index (χ0) is 14.3. The first-order valence-electron chi connectivity index (χ1n) is 5.54.